The molecule has 0 radical (unpaired) electrons. The fraction of sp³-hybridized carbons (Fsp3) is 0.389. The Morgan fingerprint density at radius 3 is 2.86 bits per heavy atom. The zero-order chi connectivity index (χ0) is 14.9. The third-order valence-corrected chi connectivity index (χ3v) is 3.41. The number of ether oxygens (including phenoxy) is 1. The number of rotatable bonds is 8. The molecule has 0 aliphatic carbocycles. The Morgan fingerprint density at radius 1 is 1.19 bits per heavy atom. The van der Waals surface area contributed by atoms with Crippen LogP contribution in [0.2, 0.25) is 0 Å². The zero-order valence-electron chi connectivity index (χ0n) is 12.9. The first-order valence-corrected chi connectivity index (χ1v) is 7.65. The summed E-state index contributed by atoms with van der Waals surface area (Å²) in [5.41, 5.74) is 2.32. The summed E-state index contributed by atoms with van der Waals surface area (Å²) in [4.78, 5) is 4.30. The fourth-order valence-electron chi connectivity index (χ4n) is 2.17. The van der Waals surface area contributed by atoms with Gasteiger partial charge in [-0.2, -0.15) is 0 Å². The van der Waals surface area contributed by atoms with Crippen molar-refractivity contribution in [3.05, 3.63) is 59.9 Å². The Balaban J connectivity index is 1.86. The first kappa shape index (κ1) is 15.5. The lowest BCUT2D eigenvalue weighted by molar-refractivity contribution is 0.320. The Bertz CT molecular complexity index is 528. The van der Waals surface area contributed by atoms with Crippen LogP contribution in [0.3, 0.4) is 0 Å². The minimum Gasteiger partial charge on any atom is -0.493 e. The SMILES string of the molecule is CCCNC(C)c1cccc(OCCc2ccccn2)c1. The van der Waals surface area contributed by atoms with Crippen molar-refractivity contribution in [1.29, 1.82) is 0 Å². The summed E-state index contributed by atoms with van der Waals surface area (Å²) in [7, 11) is 0. The monoisotopic (exact) mass is 284 g/mol. The van der Waals surface area contributed by atoms with Gasteiger partial charge in [-0.3, -0.25) is 4.98 Å². The highest BCUT2D eigenvalue weighted by molar-refractivity contribution is 5.30. The van der Waals surface area contributed by atoms with E-state index in [-0.39, 0.29) is 0 Å². The molecular weight excluding hydrogens is 260 g/mol. The number of hydrogen-bond acceptors (Lipinski definition) is 3. The van der Waals surface area contributed by atoms with Crippen LogP contribution in [-0.2, 0) is 6.42 Å². The van der Waals surface area contributed by atoms with Gasteiger partial charge in [-0.05, 0) is 49.7 Å². The van der Waals surface area contributed by atoms with Crippen LogP contribution in [0.15, 0.2) is 48.7 Å². The van der Waals surface area contributed by atoms with Crippen LogP contribution in [0.25, 0.3) is 0 Å². The molecule has 1 aromatic heterocycles. The number of hydrogen-bond donors (Lipinski definition) is 1. The van der Waals surface area contributed by atoms with Gasteiger partial charge in [0.1, 0.15) is 5.75 Å². The molecule has 0 saturated heterocycles. The summed E-state index contributed by atoms with van der Waals surface area (Å²) in [6.45, 7) is 6.04. The summed E-state index contributed by atoms with van der Waals surface area (Å²) in [6, 6.07) is 14.6. The van der Waals surface area contributed by atoms with Gasteiger partial charge in [-0.15, -0.1) is 0 Å². The van der Waals surface area contributed by atoms with Crippen LogP contribution in [0.1, 0.15) is 37.6 Å². The maximum absolute atomic E-state index is 5.84. The zero-order valence-corrected chi connectivity index (χ0v) is 12.9. The molecule has 3 nitrogen and oxygen atoms in total. The Morgan fingerprint density at radius 2 is 2.10 bits per heavy atom. The Labute approximate surface area is 127 Å². The van der Waals surface area contributed by atoms with E-state index < -0.39 is 0 Å². The molecule has 0 aliphatic rings. The van der Waals surface area contributed by atoms with Crippen LogP contribution >= 0.6 is 0 Å². The summed E-state index contributed by atoms with van der Waals surface area (Å²) in [5.74, 6) is 0.925. The highest BCUT2D eigenvalue weighted by Crippen LogP contribution is 2.19. The molecule has 1 heterocycles. The topological polar surface area (TPSA) is 34.1 Å². The lowest BCUT2D eigenvalue weighted by Crippen LogP contribution is -2.19. The molecule has 2 aromatic rings. The van der Waals surface area contributed by atoms with E-state index >= 15 is 0 Å². The highest BCUT2D eigenvalue weighted by atomic mass is 16.5. The number of nitrogens with one attached hydrogen (secondary N) is 1. The molecule has 3 heteroatoms. The van der Waals surface area contributed by atoms with Gasteiger partial charge in [0.15, 0.2) is 0 Å². The van der Waals surface area contributed by atoms with Crippen molar-refractivity contribution in [2.75, 3.05) is 13.2 Å². The average molecular weight is 284 g/mol. The molecule has 1 atom stereocenters. The van der Waals surface area contributed by atoms with E-state index in [0.717, 1.165) is 30.8 Å². The standard InChI is InChI=1S/C18H24N2O/c1-3-11-19-15(2)16-7-6-9-18(14-16)21-13-10-17-8-4-5-12-20-17/h4-9,12,14-15,19H,3,10-11,13H2,1-2H3. The van der Waals surface area contributed by atoms with Crippen molar-refractivity contribution in [1.82, 2.24) is 10.3 Å². The third kappa shape index (κ3) is 5.20. The molecule has 1 unspecified atom stereocenters. The van der Waals surface area contributed by atoms with E-state index in [4.69, 9.17) is 4.74 Å². The van der Waals surface area contributed by atoms with Crippen molar-refractivity contribution >= 4 is 0 Å². The molecule has 1 aromatic carbocycles. The molecule has 0 saturated carbocycles. The molecule has 2 rings (SSSR count). The molecule has 112 valence electrons. The van der Waals surface area contributed by atoms with Gasteiger partial charge >= 0.3 is 0 Å². The highest BCUT2D eigenvalue weighted by Gasteiger charge is 2.05. The maximum atomic E-state index is 5.84. The summed E-state index contributed by atoms with van der Waals surface area (Å²) < 4.78 is 5.84. The molecule has 1 N–H and O–H groups in total. The van der Waals surface area contributed by atoms with Crippen molar-refractivity contribution in [3.8, 4) is 5.75 Å². The van der Waals surface area contributed by atoms with E-state index in [2.05, 4.69) is 42.3 Å². The van der Waals surface area contributed by atoms with Crippen LogP contribution in [0.4, 0.5) is 0 Å². The van der Waals surface area contributed by atoms with Crippen molar-refractivity contribution in [2.24, 2.45) is 0 Å². The lowest BCUT2D eigenvalue weighted by Gasteiger charge is -2.15. The van der Waals surface area contributed by atoms with Gasteiger partial charge < -0.3 is 10.1 Å². The number of nitrogens with zero attached hydrogens (tertiary/aromatic N) is 1. The number of pyridine rings is 1. The maximum Gasteiger partial charge on any atom is 0.119 e. The third-order valence-electron chi connectivity index (χ3n) is 3.41. The van der Waals surface area contributed by atoms with Crippen molar-refractivity contribution in [2.45, 2.75) is 32.7 Å². The van der Waals surface area contributed by atoms with Gasteiger partial charge in [0.2, 0.25) is 0 Å². The summed E-state index contributed by atoms with van der Waals surface area (Å²) in [6.07, 6.45) is 3.79. The normalized spacial score (nSPS) is 12.1. The minimum atomic E-state index is 0.351. The average Bonchev–Trinajstić information content (AvgIpc) is 2.54. The van der Waals surface area contributed by atoms with Gasteiger partial charge in [-0.1, -0.05) is 25.1 Å². The molecule has 0 aliphatic heterocycles. The second kappa shape index (κ2) is 8.42. The quantitative estimate of drug-likeness (QED) is 0.801. The number of benzene rings is 1. The summed E-state index contributed by atoms with van der Waals surface area (Å²) >= 11 is 0. The van der Waals surface area contributed by atoms with Crippen LogP contribution < -0.4 is 10.1 Å². The van der Waals surface area contributed by atoms with Gasteiger partial charge in [0, 0.05) is 24.4 Å². The second-order valence-corrected chi connectivity index (χ2v) is 5.17. The largest absolute Gasteiger partial charge is 0.493 e. The molecular formula is C18H24N2O. The van der Waals surface area contributed by atoms with Gasteiger partial charge in [0.05, 0.1) is 6.61 Å². The first-order valence-electron chi connectivity index (χ1n) is 7.65. The molecule has 0 amide bonds. The van der Waals surface area contributed by atoms with E-state index in [0.29, 0.717) is 12.6 Å². The molecule has 0 bridgehead atoms. The second-order valence-electron chi connectivity index (χ2n) is 5.17. The van der Waals surface area contributed by atoms with Crippen LogP contribution in [0.5, 0.6) is 5.75 Å². The van der Waals surface area contributed by atoms with Crippen molar-refractivity contribution < 1.29 is 4.74 Å². The smallest absolute Gasteiger partial charge is 0.119 e. The Hall–Kier alpha value is -1.87. The predicted molar refractivity (Wildman–Crippen MR) is 86.6 cm³/mol. The van der Waals surface area contributed by atoms with Crippen LogP contribution in [-0.4, -0.2) is 18.1 Å². The van der Waals surface area contributed by atoms with Gasteiger partial charge in [0.25, 0.3) is 0 Å². The van der Waals surface area contributed by atoms with Crippen molar-refractivity contribution in [3.63, 3.8) is 0 Å². The minimum absolute atomic E-state index is 0.351. The van der Waals surface area contributed by atoms with Crippen LogP contribution in [0, 0.1) is 0 Å². The molecule has 0 fully saturated rings. The van der Waals surface area contributed by atoms with E-state index in [1.807, 2.05) is 30.5 Å². The molecule has 21 heavy (non-hydrogen) atoms. The first-order chi connectivity index (χ1) is 10.3. The Kier molecular flexibility index (Phi) is 6.22. The van der Waals surface area contributed by atoms with E-state index in [9.17, 15) is 0 Å². The van der Waals surface area contributed by atoms with E-state index in [1.165, 1.54) is 5.56 Å². The fourth-order valence-corrected chi connectivity index (χ4v) is 2.17. The number of aromatic nitrogens is 1. The molecule has 0 spiro atoms. The summed E-state index contributed by atoms with van der Waals surface area (Å²) in [5, 5.41) is 3.49. The van der Waals surface area contributed by atoms with E-state index in [1.54, 1.807) is 0 Å². The predicted octanol–water partition coefficient (Wildman–Crippen LogP) is 3.76. The lowest BCUT2D eigenvalue weighted by atomic mass is 10.1. The van der Waals surface area contributed by atoms with Gasteiger partial charge in [-0.25, -0.2) is 0 Å².